The molecule has 0 spiro atoms. The van der Waals surface area contributed by atoms with Crippen LogP contribution >= 0.6 is 0 Å². The number of ether oxygens (including phenoxy) is 1. The normalized spacial score (nSPS) is 16.8. The van der Waals surface area contributed by atoms with Gasteiger partial charge in [-0.05, 0) is 83.5 Å². The molecule has 40 heavy (non-hydrogen) atoms. The van der Waals surface area contributed by atoms with Gasteiger partial charge in [0.2, 0.25) is 0 Å². The van der Waals surface area contributed by atoms with Gasteiger partial charge < -0.3 is 14.7 Å². The number of hydrogen-bond donors (Lipinski definition) is 1. The highest BCUT2D eigenvalue weighted by Gasteiger charge is 2.32. The van der Waals surface area contributed by atoms with Crippen molar-refractivity contribution in [1.29, 1.82) is 0 Å². The molecule has 4 rings (SSSR count). The maximum atomic E-state index is 13.5. The summed E-state index contributed by atoms with van der Waals surface area (Å²) in [6.07, 6.45) is 3.53. The second kappa shape index (κ2) is 11.9. The second-order valence-corrected chi connectivity index (χ2v) is 13.0. The number of hydrogen-bond acceptors (Lipinski definition) is 3. The summed E-state index contributed by atoms with van der Waals surface area (Å²) < 4.78 is 6.49. The summed E-state index contributed by atoms with van der Waals surface area (Å²) in [6.45, 7) is 12.9. The van der Waals surface area contributed by atoms with Gasteiger partial charge in [-0.15, -0.1) is 0 Å². The van der Waals surface area contributed by atoms with Crippen molar-refractivity contribution in [3.8, 4) is 5.75 Å². The zero-order valence-corrected chi connectivity index (χ0v) is 24.8. The number of benzene rings is 3. The van der Waals surface area contributed by atoms with E-state index >= 15 is 0 Å². The Morgan fingerprint density at radius 3 is 2.17 bits per heavy atom. The molecule has 1 atom stereocenters. The molecule has 0 saturated heterocycles. The molecule has 0 bridgehead atoms. The number of aliphatic carboxylic acids is 1. The monoisotopic (exact) mass is 541 g/mol. The zero-order valence-electron chi connectivity index (χ0n) is 24.8. The highest BCUT2D eigenvalue weighted by atomic mass is 16.5. The average Bonchev–Trinajstić information content (AvgIpc) is 2.88. The summed E-state index contributed by atoms with van der Waals surface area (Å²) in [5.41, 5.74) is 5.87. The predicted octanol–water partition coefficient (Wildman–Crippen LogP) is 7.24. The highest BCUT2D eigenvalue weighted by molar-refractivity contribution is 5.96. The molecule has 212 valence electrons. The zero-order chi connectivity index (χ0) is 29.1. The maximum Gasteiger partial charge on any atom is 0.323 e. The molecule has 1 unspecified atom stereocenters. The first-order chi connectivity index (χ1) is 18.8. The van der Waals surface area contributed by atoms with E-state index < -0.39 is 5.97 Å². The van der Waals surface area contributed by atoms with Crippen molar-refractivity contribution in [2.45, 2.75) is 84.8 Å². The lowest BCUT2D eigenvalue weighted by Gasteiger charge is -2.36. The fourth-order valence-electron chi connectivity index (χ4n) is 5.42. The maximum absolute atomic E-state index is 13.5. The number of carboxylic acid groups (broad SMARTS) is 1. The largest absolute Gasteiger partial charge is 0.487 e. The van der Waals surface area contributed by atoms with E-state index in [1.807, 2.05) is 36.4 Å². The number of aryl methyl sites for hydroxylation is 1. The SMILES string of the molecule is CC(C)Cc1ccc(CC2(C)CCc3cc(C(=O)N(CC(=O)O)Cc4ccc(C(C)(C)C)cc4)ccc3O2)cc1. The van der Waals surface area contributed by atoms with Crippen LogP contribution in [0, 0.1) is 5.92 Å². The molecule has 0 radical (unpaired) electrons. The molecule has 1 heterocycles. The molecule has 0 aliphatic carbocycles. The van der Waals surface area contributed by atoms with E-state index in [0.29, 0.717) is 11.5 Å². The molecule has 3 aromatic carbocycles. The number of carboxylic acids is 1. The Hall–Kier alpha value is -3.60. The van der Waals surface area contributed by atoms with Gasteiger partial charge in [0.05, 0.1) is 0 Å². The molecule has 5 nitrogen and oxygen atoms in total. The van der Waals surface area contributed by atoms with Crippen LogP contribution in [0.4, 0.5) is 0 Å². The van der Waals surface area contributed by atoms with Crippen LogP contribution in [0.3, 0.4) is 0 Å². The minimum Gasteiger partial charge on any atom is -0.487 e. The van der Waals surface area contributed by atoms with Crippen LogP contribution in [0.5, 0.6) is 5.75 Å². The molecule has 1 N–H and O–H groups in total. The second-order valence-electron chi connectivity index (χ2n) is 13.0. The third kappa shape index (κ3) is 7.53. The van der Waals surface area contributed by atoms with E-state index in [-0.39, 0.29) is 30.0 Å². The summed E-state index contributed by atoms with van der Waals surface area (Å²) in [7, 11) is 0. The first kappa shape index (κ1) is 29.4. The van der Waals surface area contributed by atoms with Crippen molar-refractivity contribution in [2.75, 3.05) is 6.54 Å². The molecular weight excluding hydrogens is 498 g/mol. The minimum absolute atomic E-state index is 0.0223. The fourth-order valence-corrected chi connectivity index (χ4v) is 5.42. The number of carbonyl (C=O) groups excluding carboxylic acids is 1. The van der Waals surface area contributed by atoms with Crippen LogP contribution in [0.1, 0.15) is 86.1 Å². The lowest BCUT2D eigenvalue weighted by atomic mass is 9.86. The van der Waals surface area contributed by atoms with Crippen molar-refractivity contribution in [3.05, 3.63) is 100 Å². The molecule has 0 fully saturated rings. The number of carbonyl (C=O) groups is 2. The Balaban J connectivity index is 1.46. The van der Waals surface area contributed by atoms with E-state index in [2.05, 4.69) is 65.8 Å². The van der Waals surface area contributed by atoms with Crippen LogP contribution in [-0.2, 0) is 36.0 Å². The summed E-state index contributed by atoms with van der Waals surface area (Å²) in [5.74, 6) is 0.104. The van der Waals surface area contributed by atoms with Gasteiger partial charge in [-0.2, -0.15) is 0 Å². The first-order valence-corrected chi connectivity index (χ1v) is 14.3. The third-order valence-electron chi connectivity index (χ3n) is 7.64. The standard InChI is InChI=1S/C35H43NO4/c1-24(2)19-25-7-9-26(10-8-25)21-35(6)18-17-28-20-29(13-16-31(28)40-35)33(39)36(23-32(37)38)22-27-11-14-30(15-12-27)34(3,4)5/h7-16,20,24H,17-19,21-23H2,1-6H3,(H,37,38). The Morgan fingerprint density at radius 2 is 1.57 bits per heavy atom. The van der Waals surface area contributed by atoms with Gasteiger partial charge in [-0.1, -0.05) is 83.1 Å². The summed E-state index contributed by atoms with van der Waals surface area (Å²) in [4.78, 5) is 26.5. The summed E-state index contributed by atoms with van der Waals surface area (Å²) in [5, 5.41) is 9.52. The van der Waals surface area contributed by atoms with E-state index in [9.17, 15) is 14.7 Å². The summed E-state index contributed by atoms with van der Waals surface area (Å²) in [6, 6.07) is 22.4. The molecule has 1 aliphatic rings. The van der Waals surface area contributed by atoms with Gasteiger partial charge in [-0.3, -0.25) is 9.59 Å². The van der Waals surface area contributed by atoms with Crippen molar-refractivity contribution < 1.29 is 19.4 Å². The van der Waals surface area contributed by atoms with E-state index in [1.54, 1.807) is 6.07 Å². The van der Waals surface area contributed by atoms with E-state index in [1.165, 1.54) is 21.6 Å². The van der Waals surface area contributed by atoms with Crippen LogP contribution in [0.2, 0.25) is 0 Å². The molecule has 3 aromatic rings. The van der Waals surface area contributed by atoms with Gasteiger partial charge in [0.15, 0.2) is 0 Å². The van der Waals surface area contributed by atoms with Gasteiger partial charge in [0, 0.05) is 18.5 Å². The minimum atomic E-state index is -1.03. The Labute approximate surface area is 239 Å². The Kier molecular flexibility index (Phi) is 8.72. The average molecular weight is 542 g/mol. The van der Waals surface area contributed by atoms with Gasteiger partial charge in [-0.25, -0.2) is 0 Å². The number of fused-ring (bicyclic) bond motifs is 1. The molecule has 5 heteroatoms. The van der Waals surface area contributed by atoms with Gasteiger partial charge in [0.1, 0.15) is 17.9 Å². The van der Waals surface area contributed by atoms with E-state index in [0.717, 1.165) is 42.6 Å². The van der Waals surface area contributed by atoms with Crippen molar-refractivity contribution in [3.63, 3.8) is 0 Å². The number of rotatable bonds is 9. The van der Waals surface area contributed by atoms with Crippen molar-refractivity contribution in [1.82, 2.24) is 4.90 Å². The third-order valence-corrected chi connectivity index (χ3v) is 7.64. The van der Waals surface area contributed by atoms with Crippen LogP contribution in [0.25, 0.3) is 0 Å². The molecular formula is C35H43NO4. The topological polar surface area (TPSA) is 66.8 Å². The number of nitrogens with zero attached hydrogens (tertiary/aromatic N) is 1. The lowest BCUT2D eigenvalue weighted by Crippen LogP contribution is -2.39. The highest BCUT2D eigenvalue weighted by Crippen LogP contribution is 2.36. The fraction of sp³-hybridized carbons (Fsp3) is 0.429. The van der Waals surface area contributed by atoms with Crippen LogP contribution in [0.15, 0.2) is 66.7 Å². The predicted molar refractivity (Wildman–Crippen MR) is 160 cm³/mol. The lowest BCUT2D eigenvalue weighted by molar-refractivity contribution is -0.137. The Morgan fingerprint density at radius 1 is 0.950 bits per heavy atom. The van der Waals surface area contributed by atoms with Crippen molar-refractivity contribution >= 4 is 11.9 Å². The molecule has 0 saturated carbocycles. The van der Waals surface area contributed by atoms with Gasteiger partial charge >= 0.3 is 5.97 Å². The van der Waals surface area contributed by atoms with Crippen LogP contribution in [-0.4, -0.2) is 34.0 Å². The van der Waals surface area contributed by atoms with Crippen LogP contribution < -0.4 is 4.74 Å². The quantitative estimate of drug-likeness (QED) is 0.310. The molecule has 1 aliphatic heterocycles. The van der Waals surface area contributed by atoms with Crippen molar-refractivity contribution in [2.24, 2.45) is 5.92 Å². The number of amides is 1. The van der Waals surface area contributed by atoms with Gasteiger partial charge in [0.25, 0.3) is 5.91 Å². The smallest absolute Gasteiger partial charge is 0.323 e. The first-order valence-electron chi connectivity index (χ1n) is 14.3. The molecule has 1 amide bonds. The Bertz CT molecular complexity index is 1340. The van der Waals surface area contributed by atoms with E-state index in [4.69, 9.17) is 4.74 Å². The summed E-state index contributed by atoms with van der Waals surface area (Å²) >= 11 is 0. The molecule has 0 aromatic heterocycles.